The predicted octanol–water partition coefficient (Wildman–Crippen LogP) is 4.64. The van der Waals surface area contributed by atoms with Gasteiger partial charge in [0, 0.05) is 19.2 Å². The van der Waals surface area contributed by atoms with Crippen LogP contribution in [0.5, 0.6) is 5.75 Å². The van der Waals surface area contributed by atoms with Gasteiger partial charge in [-0.1, -0.05) is 60.2 Å². The fourth-order valence-electron chi connectivity index (χ4n) is 4.12. The second-order valence-corrected chi connectivity index (χ2v) is 8.20. The van der Waals surface area contributed by atoms with Crippen LogP contribution in [0.1, 0.15) is 28.3 Å². The summed E-state index contributed by atoms with van der Waals surface area (Å²) in [6.45, 7) is 2.97. The average Bonchev–Trinajstić information content (AvgIpc) is 3.11. The molecule has 1 heterocycles. The number of methoxy groups -OCH3 is 1. The minimum Gasteiger partial charge on any atom is -0.507 e. The SMILES string of the molecule is COCCN1C(=O)C(=O)/C(=C(/O)c2ccc(OCc3cccc(C)c3)cc2)[C@@H]1c1ccccc1. The molecule has 0 aliphatic carbocycles. The zero-order valence-electron chi connectivity index (χ0n) is 19.2. The molecule has 1 aliphatic rings. The summed E-state index contributed by atoms with van der Waals surface area (Å²) >= 11 is 0. The number of ether oxygens (including phenoxy) is 2. The van der Waals surface area contributed by atoms with Crippen LogP contribution in [-0.2, 0) is 20.9 Å². The molecule has 4 rings (SSSR count). The number of benzene rings is 3. The molecular weight excluding hydrogens is 430 g/mol. The second-order valence-electron chi connectivity index (χ2n) is 8.20. The molecule has 0 aromatic heterocycles. The van der Waals surface area contributed by atoms with Crippen molar-refractivity contribution in [3.8, 4) is 5.75 Å². The van der Waals surface area contributed by atoms with E-state index < -0.39 is 17.7 Å². The Hall–Kier alpha value is -3.90. The maximum Gasteiger partial charge on any atom is 0.295 e. The topological polar surface area (TPSA) is 76.1 Å². The Morgan fingerprint density at radius 1 is 0.971 bits per heavy atom. The Balaban J connectivity index is 1.62. The molecule has 6 heteroatoms. The van der Waals surface area contributed by atoms with Crippen molar-refractivity contribution >= 4 is 17.4 Å². The highest BCUT2D eigenvalue weighted by Crippen LogP contribution is 2.39. The summed E-state index contributed by atoms with van der Waals surface area (Å²) in [4.78, 5) is 27.2. The second kappa shape index (κ2) is 10.4. The quantitative estimate of drug-likeness (QED) is 0.303. The molecule has 0 saturated carbocycles. The summed E-state index contributed by atoms with van der Waals surface area (Å²) in [6.07, 6.45) is 0. The molecule has 1 atom stereocenters. The normalized spacial score (nSPS) is 17.2. The number of aliphatic hydroxyl groups excluding tert-OH is 1. The van der Waals surface area contributed by atoms with Crippen LogP contribution in [0.4, 0.5) is 0 Å². The minimum atomic E-state index is -0.706. The lowest BCUT2D eigenvalue weighted by Crippen LogP contribution is -2.32. The van der Waals surface area contributed by atoms with E-state index in [9.17, 15) is 14.7 Å². The Morgan fingerprint density at radius 2 is 1.71 bits per heavy atom. The van der Waals surface area contributed by atoms with Gasteiger partial charge in [-0.25, -0.2) is 0 Å². The third kappa shape index (κ3) is 4.87. The molecule has 1 aliphatic heterocycles. The minimum absolute atomic E-state index is 0.0701. The van der Waals surface area contributed by atoms with Crippen LogP contribution < -0.4 is 4.74 Å². The first-order valence-electron chi connectivity index (χ1n) is 11.1. The Bertz CT molecular complexity index is 1200. The van der Waals surface area contributed by atoms with Crippen molar-refractivity contribution in [3.63, 3.8) is 0 Å². The van der Waals surface area contributed by atoms with Gasteiger partial charge in [-0.2, -0.15) is 0 Å². The number of rotatable bonds is 8. The summed E-state index contributed by atoms with van der Waals surface area (Å²) in [6, 6.07) is 23.5. The van der Waals surface area contributed by atoms with Crippen LogP contribution in [0, 0.1) is 6.92 Å². The molecule has 3 aromatic rings. The zero-order chi connectivity index (χ0) is 24.1. The van der Waals surface area contributed by atoms with Crippen molar-refractivity contribution in [1.82, 2.24) is 4.90 Å². The van der Waals surface area contributed by atoms with E-state index >= 15 is 0 Å². The highest BCUT2D eigenvalue weighted by Gasteiger charge is 2.45. The van der Waals surface area contributed by atoms with Crippen LogP contribution in [-0.4, -0.2) is 42.0 Å². The van der Waals surface area contributed by atoms with Gasteiger partial charge in [-0.15, -0.1) is 0 Å². The number of Topliss-reactive ketones (excluding diaryl/α,β-unsaturated/α-hetero) is 1. The summed E-state index contributed by atoms with van der Waals surface area (Å²) in [7, 11) is 1.54. The van der Waals surface area contributed by atoms with E-state index in [1.54, 1.807) is 24.3 Å². The van der Waals surface area contributed by atoms with Gasteiger partial charge in [0.25, 0.3) is 11.7 Å². The standard InChI is InChI=1S/C28H27NO5/c1-19-7-6-8-20(17-19)18-34-23-13-11-22(12-14-23)26(30)24-25(21-9-4-3-5-10-21)29(15-16-33-2)28(32)27(24)31/h3-14,17,25,30H,15-16,18H2,1-2H3/b26-24+/t25-/m0/s1. The molecule has 0 bridgehead atoms. The van der Waals surface area contributed by atoms with Gasteiger partial charge in [0.15, 0.2) is 0 Å². The zero-order valence-corrected chi connectivity index (χ0v) is 19.2. The fourth-order valence-corrected chi connectivity index (χ4v) is 4.12. The lowest BCUT2D eigenvalue weighted by Gasteiger charge is -2.25. The maximum atomic E-state index is 13.0. The molecule has 1 saturated heterocycles. The van der Waals surface area contributed by atoms with Crippen LogP contribution in [0.3, 0.4) is 0 Å². The Kier molecular flexibility index (Phi) is 7.09. The molecule has 0 unspecified atom stereocenters. The molecule has 0 radical (unpaired) electrons. The highest BCUT2D eigenvalue weighted by molar-refractivity contribution is 6.46. The summed E-state index contributed by atoms with van der Waals surface area (Å²) < 4.78 is 11.0. The molecule has 1 amide bonds. The molecule has 1 fully saturated rings. The first-order chi connectivity index (χ1) is 16.5. The van der Waals surface area contributed by atoms with Crippen LogP contribution in [0.25, 0.3) is 5.76 Å². The number of aliphatic hydroxyl groups is 1. The van der Waals surface area contributed by atoms with Crippen molar-refractivity contribution in [3.05, 3.63) is 107 Å². The number of amides is 1. The first kappa shape index (κ1) is 23.3. The van der Waals surface area contributed by atoms with Crippen molar-refractivity contribution in [2.24, 2.45) is 0 Å². The number of likely N-dealkylation sites (tertiary alicyclic amines) is 1. The van der Waals surface area contributed by atoms with Crippen molar-refractivity contribution < 1.29 is 24.2 Å². The van der Waals surface area contributed by atoms with Gasteiger partial charge in [-0.05, 0) is 42.3 Å². The first-order valence-corrected chi connectivity index (χ1v) is 11.1. The summed E-state index contributed by atoms with van der Waals surface area (Å²) in [5, 5.41) is 11.1. The molecule has 34 heavy (non-hydrogen) atoms. The van der Waals surface area contributed by atoms with E-state index in [2.05, 4.69) is 6.07 Å². The third-order valence-corrected chi connectivity index (χ3v) is 5.81. The number of ketones is 1. The lowest BCUT2D eigenvalue weighted by atomic mass is 9.95. The van der Waals surface area contributed by atoms with Crippen molar-refractivity contribution in [1.29, 1.82) is 0 Å². The molecule has 1 N–H and O–H groups in total. The number of carbonyl (C=O) groups excluding carboxylic acids is 2. The maximum absolute atomic E-state index is 13.0. The molecular formula is C28H27NO5. The van der Waals surface area contributed by atoms with E-state index in [0.29, 0.717) is 17.9 Å². The molecule has 6 nitrogen and oxygen atoms in total. The largest absolute Gasteiger partial charge is 0.507 e. The Labute approximate surface area is 199 Å². The summed E-state index contributed by atoms with van der Waals surface area (Å²) in [5.74, 6) is -0.927. The van der Waals surface area contributed by atoms with E-state index in [1.165, 1.54) is 12.0 Å². The van der Waals surface area contributed by atoms with Crippen LogP contribution in [0.15, 0.2) is 84.4 Å². The molecule has 0 spiro atoms. The number of aryl methyl sites for hydroxylation is 1. The van der Waals surface area contributed by atoms with Crippen molar-refractivity contribution in [2.45, 2.75) is 19.6 Å². The predicted molar refractivity (Wildman–Crippen MR) is 129 cm³/mol. The van der Waals surface area contributed by atoms with Gasteiger partial charge in [0.05, 0.1) is 18.2 Å². The van der Waals surface area contributed by atoms with Gasteiger partial charge in [-0.3, -0.25) is 9.59 Å². The number of hydrogen-bond donors (Lipinski definition) is 1. The highest BCUT2D eigenvalue weighted by atomic mass is 16.5. The van der Waals surface area contributed by atoms with Crippen LogP contribution in [0.2, 0.25) is 0 Å². The van der Waals surface area contributed by atoms with Gasteiger partial charge in [0.1, 0.15) is 18.1 Å². The van der Waals surface area contributed by atoms with Gasteiger partial charge >= 0.3 is 0 Å². The van der Waals surface area contributed by atoms with Crippen LogP contribution >= 0.6 is 0 Å². The number of hydrogen-bond acceptors (Lipinski definition) is 5. The van der Waals surface area contributed by atoms with Gasteiger partial charge < -0.3 is 19.5 Å². The van der Waals surface area contributed by atoms with E-state index in [0.717, 1.165) is 16.7 Å². The average molecular weight is 458 g/mol. The molecule has 174 valence electrons. The Morgan fingerprint density at radius 3 is 2.38 bits per heavy atom. The third-order valence-electron chi connectivity index (χ3n) is 5.81. The van der Waals surface area contributed by atoms with E-state index in [-0.39, 0.29) is 24.5 Å². The monoisotopic (exact) mass is 457 g/mol. The molecule has 3 aromatic carbocycles. The number of carbonyl (C=O) groups is 2. The van der Waals surface area contributed by atoms with E-state index in [4.69, 9.17) is 9.47 Å². The number of nitrogens with zero attached hydrogens (tertiary/aromatic N) is 1. The van der Waals surface area contributed by atoms with Gasteiger partial charge in [0.2, 0.25) is 0 Å². The smallest absolute Gasteiger partial charge is 0.295 e. The van der Waals surface area contributed by atoms with E-state index in [1.807, 2.05) is 55.5 Å². The van der Waals surface area contributed by atoms with Crippen molar-refractivity contribution in [2.75, 3.05) is 20.3 Å². The fraction of sp³-hybridized carbons (Fsp3) is 0.214. The summed E-state index contributed by atoms with van der Waals surface area (Å²) in [5.41, 5.74) is 3.48. The lowest BCUT2D eigenvalue weighted by molar-refractivity contribution is -0.140.